The fraction of sp³-hybridized carbons (Fsp3) is 0.750. The number of aromatic nitrogens is 2. The molecule has 0 aromatic carbocycles. The third-order valence-electron chi connectivity index (χ3n) is 3.64. The van der Waals surface area contributed by atoms with Gasteiger partial charge in [0.1, 0.15) is 5.60 Å². The number of amides is 1. The van der Waals surface area contributed by atoms with Gasteiger partial charge in [0.05, 0.1) is 24.3 Å². The summed E-state index contributed by atoms with van der Waals surface area (Å²) in [7, 11) is 0. The quantitative estimate of drug-likeness (QED) is 0.893. The summed E-state index contributed by atoms with van der Waals surface area (Å²) in [5.41, 5.74) is 0.482. The molecule has 0 aliphatic rings. The van der Waals surface area contributed by atoms with Crippen LogP contribution in [-0.4, -0.2) is 21.2 Å². The second kappa shape index (κ2) is 6.50. The SMILES string of the molecule is CC[C@@H](NC(=O)OC(C)(C)C)c1cncn1C(C)(C)CC. The maximum atomic E-state index is 12.0. The summed E-state index contributed by atoms with van der Waals surface area (Å²) in [6.45, 7) is 14.1. The normalized spacial score (nSPS) is 13.9. The van der Waals surface area contributed by atoms with Crippen molar-refractivity contribution in [3.05, 3.63) is 18.2 Å². The molecule has 1 atom stereocenters. The molecule has 1 heterocycles. The first kappa shape index (κ1) is 17.5. The van der Waals surface area contributed by atoms with Gasteiger partial charge in [-0.05, 0) is 47.5 Å². The number of rotatable bonds is 5. The second-order valence-corrected chi connectivity index (χ2v) is 6.96. The van der Waals surface area contributed by atoms with Crippen LogP contribution in [0.25, 0.3) is 0 Å². The largest absolute Gasteiger partial charge is 0.444 e. The third-order valence-corrected chi connectivity index (χ3v) is 3.64. The Morgan fingerprint density at radius 1 is 1.33 bits per heavy atom. The van der Waals surface area contributed by atoms with Crippen LogP contribution in [0.2, 0.25) is 0 Å². The van der Waals surface area contributed by atoms with Gasteiger partial charge in [-0.25, -0.2) is 9.78 Å². The predicted molar refractivity (Wildman–Crippen MR) is 84.2 cm³/mol. The summed E-state index contributed by atoms with van der Waals surface area (Å²) in [4.78, 5) is 16.2. The van der Waals surface area contributed by atoms with E-state index in [9.17, 15) is 4.79 Å². The molecule has 21 heavy (non-hydrogen) atoms. The molecule has 0 spiro atoms. The molecule has 0 unspecified atom stereocenters. The number of imidazole rings is 1. The van der Waals surface area contributed by atoms with Gasteiger partial charge in [-0.1, -0.05) is 13.8 Å². The number of hydrogen-bond donors (Lipinski definition) is 1. The van der Waals surface area contributed by atoms with Gasteiger partial charge in [0.25, 0.3) is 0 Å². The Kier molecular flexibility index (Phi) is 5.42. The number of carbonyl (C=O) groups excluding carboxylic acids is 1. The smallest absolute Gasteiger partial charge is 0.408 e. The minimum atomic E-state index is -0.495. The molecule has 0 radical (unpaired) electrons. The molecule has 120 valence electrons. The van der Waals surface area contributed by atoms with Crippen molar-refractivity contribution in [3.8, 4) is 0 Å². The predicted octanol–water partition coefficient (Wildman–Crippen LogP) is 4.00. The lowest BCUT2D eigenvalue weighted by molar-refractivity contribution is 0.0498. The highest BCUT2D eigenvalue weighted by atomic mass is 16.6. The Morgan fingerprint density at radius 3 is 2.43 bits per heavy atom. The molecule has 0 saturated heterocycles. The maximum Gasteiger partial charge on any atom is 0.408 e. The molecule has 5 heteroatoms. The lowest BCUT2D eigenvalue weighted by Crippen LogP contribution is -2.37. The molecule has 1 aromatic heterocycles. The van der Waals surface area contributed by atoms with E-state index in [1.54, 1.807) is 0 Å². The van der Waals surface area contributed by atoms with E-state index < -0.39 is 11.7 Å². The summed E-state index contributed by atoms with van der Waals surface area (Å²) in [5.74, 6) is 0. The molecule has 1 rings (SSSR count). The number of alkyl carbamates (subject to hydrolysis) is 1. The van der Waals surface area contributed by atoms with Crippen LogP contribution in [0.15, 0.2) is 12.5 Å². The highest BCUT2D eigenvalue weighted by Crippen LogP contribution is 2.26. The number of hydrogen-bond acceptors (Lipinski definition) is 3. The second-order valence-electron chi connectivity index (χ2n) is 6.96. The van der Waals surface area contributed by atoms with Crippen molar-refractivity contribution in [2.24, 2.45) is 0 Å². The molecule has 0 aliphatic heterocycles. The van der Waals surface area contributed by atoms with Crippen molar-refractivity contribution in [1.82, 2.24) is 14.9 Å². The Bertz CT molecular complexity index is 472. The van der Waals surface area contributed by atoms with Crippen molar-refractivity contribution in [3.63, 3.8) is 0 Å². The van der Waals surface area contributed by atoms with Crippen molar-refractivity contribution >= 4 is 6.09 Å². The van der Waals surface area contributed by atoms with Crippen molar-refractivity contribution in [2.45, 2.75) is 78.5 Å². The van der Waals surface area contributed by atoms with E-state index >= 15 is 0 Å². The standard InChI is InChI=1S/C16H29N3O2/c1-8-12(18-14(20)21-15(3,4)5)13-10-17-11-19(13)16(6,7)9-2/h10-12H,8-9H2,1-7H3,(H,18,20)/t12-/m1/s1. The van der Waals surface area contributed by atoms with E-state index in [0.29, 0.717) is 0 Å². The summed E-state index contributed by atoms with van der Waals surface area (Å²) in [6, 6.07) is -0.104. The molecule has 1 amide bonds. The number of nitrogens with one attached hydrogen (secondary N) is 1. The molecule has 0 aliphatic carbocycles. The molecular weight excluding hydrogens is 266 g/mol. The maximum absolute atomic E-state index is 12.0. The lowest BCUT2D eigenvalue weighted by Gasteiger charge is -2.30. The minimum absolute atomic E-state index is 0.0329. The van der Waals surface area contributed by atoms with Gasteiger partial charge < -0.3 is 14.6 Å². The molecule has 1 N–H and O–H groups in total. The van der Waals surface area contributed by atoms with E-state index in [1.807, 2.05) is 40.2 Å². The van der Waals surface area contributed by atoms with Gasteiger partial charge in [-0.3, -0.25) is 0 Å². The van der Waals surface area contributed by atoms with E-state index in [0.717, 1.165) is 18.5 Å². The first-order valence-electron chi connectivity index (χ1n) is 7.63. The van der Waals surface area contributed by atoms with Crippen LogP contribution < -0.4 is 5.32 Å². The fourth-order valence-electron chi connectivity index (χ4n) is 2.07. The van der Waals surface area contributed by atoms with E-state index in [2.05, 4.69) is 35.6 Å². The van der Waals surface area contributed by atoms with Crippen molar-refractivity contribution in [2.75, 3.05) is 0 Å². The minimum Gasteiger partial charge on any atom is -0.444 e. The summed E-state index contributed by atoms with van der Waals surface area (Å²) in [6.07, 6.45) is 5.03. The molecular formula is C16H29N3O2. The van der Waals surface area contributed by atoms with Crippen LogP contribution in [-0.2, 0) is 10.3 Å². The number of carbonyl (C=O) groups is 1. The average Bonchev–Trinajstić information content (AvgIpc) is 2.83. The van der Waals surface area contributed by atoms with Gasteiger partial charge >= 0.3 is 6.09 Å². The first-order valence-corrected chi connectivity index (χ1v) is 7.63. The Morgan fingerprint density at radius 2 is 1.95 bits per heavy atom. The van der Waals surface area contributed by atoms with Crippen LogP contribution in [0.5, 0.6) is 0 Å². The molecule has 5 nitrogen and oxygen atoms in total. The average molecular weight is 295 g/mol. The van der Waals surface area contributed by atoms with E-state index in [4.69, 9.17) is 4.74 Å². The summed E-state index contributed by atoms with van der Waals surface area (Å²) in [5, 5.41) is 2.94. The number of nitrogens with zero attached hydrogens (tertiary/aromatic N) is 2. The summed E-state index contributed by atoms with van der Waals surface area (Å²) < 4.78 is 7.48. The van der Waals surface area contributed by atoms with Crippen molar-refractivity contribution in [1.29, 1.82) is 0 Å². The molecule has 0 fully saturated rings. The zero-order valence-electron chi connectivity index (χ0n) is 14.4. The highest BCUT2D eigenvalue weighted by Gasteiger charge is 2.26. The topological polar surface area (TPSA) is 56.1 Å². The number of ether oxygens (including phenoxy) is 1. The van der Waals surface area contributed by atoms with Crippen LogP contribution in [0.4, 0.5) is 4.79 Å². The van der Waals surface area contributed by atoms with Crippen molar-refractivity contribution < 1.29 is 9.53 Å². The van der Waals surface area contributed by atoms with Gasteiger partial charge in [0.2, 0.25) is 0 Å². The third kappa shape index (κ3) is 4.76. The van der Waals surface area contributed by atoms with Gasteiger partial charge in [0.15, 0.2) is 0 Å². The lowest BCUT2D eigenvalue weighted by atomic mass is 10.00. The molecule has 0 bridgehead atoms. The summed E-state index contributed by atoms with van der Waals surface area (Å²) >= 11 is 0. The van der Waals surface area contributed by atoms with Gasteiger partial charge in [0, 0.05) is 5.54 Å². The molecule has 1 aromatic rings. The monoisotopic (exact) mass is 295 g/mol. The molecule has 0 saturated carbocycles. The van der Waals surface area contributed by atoms with Crippen LogP contribution in [0.1, 0.15) is 73.0 Å². The van der Waals surface area contributed by atoms with Gasteiger partial charge in [-0.2, -0.15) is 0 Å². The van der Waals surface area contributed by atoms with E-state index in [1.165, 1.54) is 0 Å². The highest BCUT2D eigenvalue weighted by molar-refractivity contribution is 5.68. The van der Waals surface area contributed by atoms with Crippen LogP contribution in [0, 0.1) is 0 Å². The Balaban J connectivity index is 2.92. The van der Waals surface area contributed by atoms with Crippen LogP contribution >= 0.6 is 0 Å². The van der Waals surface area contributed by atoms with E-state index in [-0.39, 0.29) is 11.6 Å². The first-order chi connectivity index (χ1) is 9.60. The van der Waals surface area contributed by atoms with Gasteiger partial charge in [-0.15, -0.1) is 0 Å². The zero-order chi connectivity index (χ0) is 16.3. The van der Waals surface area contributed by atoms with Crippen LogP contribution in [0.3, 0.4) is 0 Å². The Labute approximate surface area is 128 Å². The zero-order valence-corrected chi connectivity index (χ0v) is 14.4. The fourth-order valence-corrected chi connectivity index (χ4v) is 2.07. The Hall–Kier alpha value is -1.52.